The van der Waals surface area contributed by atoms with Crippen LogP contribution in [0.3, 0.4) is 0 Å². The van der Waals surface area contributed by atoms with E-state index in [1.54, 1.807) is 42.5 Å². The Morgan fingerprint density at radius 1 is 1.10 bits per heavy atom. The third-order valence-electron chi connectivity index (χ3n) is 4.66. The van der Waals surface area contributed by atoms with Crippen molar-refractivity contribution >= 4 is 22.1 Å². The molecule has 3 rings (SSSR count). The van der Waals surface area contributed by atoms with E-state index < -0.39 is 15.8 Å². The number of amides is 1. The second-order valence-electron chi connectivity index (χ2n) is 6.81. The molecule has 1 amide bonds. The number of carbonyl (C=O) groups is 1. The lowest BCUT2D eigenvalue weighted by molar-refractivity contribution is -0.122. The molecule has 0 saturated carbocycles. The van der Waals surface area contributed by atoms with Gasteiger partial charge in [0.2, 0.25) is 10.0 Å². The van der Waals surface area contributed by atoms with Crippen molar-refractivity contribution in [3.8, 4) is 0 Å². The maximum atomic E-state index is 13.5. The van der Waals surface area contributed by atoms with E-state index in [0.29, 0.717) is 26.2 Å². The van der Waals surface area contributed by atoms with Crippen LogP contribution in [0, 0.1) is 12.7 Å². The van der Waals surface area contributed by atoms with Gasteiger partial charge in [0.15, 0.2) is 0 Å². The maximum Gasteiger partial charge on any atom is 0.254 e. The number of hydrogen-bond donors (Lipinski definition) is 1. The van der Waals surface area contributed by atoms with Gasteiger partial charge >= 0.3 is 0 Å². The molecule has 1 aliphatic rings. The molecule has 2 aromatic rings. The molecule has 1 heterocycles. The molecular weight excluding hydrogens is 395 g/mol. The molecule has 1 fully saturated rings. The first-order chi connectivity index (χ1) is 13.9. The van der Waals surface area contributed by atoms with Crippen LogP contribution in [0.5, 0.6) is 0 Å². The lowest BCUT2D eigenvalue weighted by Crippen LogP contribution is -2.50. The van der Waals surface area contributed by atoms with E-state index in [1.165, 1.54) is 16.6 Å². The number of benzene rings is 2. The fourth-order valence-electron chi connectivity index (χ4n) is 2.98. The highest BCUT2D eigenvalue weighted by atomic mass is 32.2. The van der Waals surface area contributed by atoms with Gasteiger partial charge < -0.3 is 0 Å². The number of aryl methyl sites for hydroxylation is 1. The topological polar surface area (TPSA) is 82.1 Å². The Morgan fingerprint density at radius 2 is 1.76 bits per heavy atom. The van der Waals surface area contributed by atoms with Crippen LogP contribution < -0.4 is 5.43 Å². The average Bonchev–Trinajstić information content (AvgIpc) is 2.70. The SMILES string of the molecule is Cc1ccc(S(=O)(=O)N2CCN(CC(=O)N/N=C/c3ccccc3F)CC2)cc1. The number of hydrazone groups is 1. The van der Waals surface area contributed by atoms with E-state index in [4.69, 9.17) is 0 Å². The van der Waals surface area contributed by atoms with E-state index in [1.807, 2.05) is 11.8 Å². The number of nitrogens with one attached hydrogen (secondary N) is 1. The summed E-state index contributed by atoms with van der Waals surface area (Å²) in [7, 11) is -3.53. The summed E-state index contributed by atoms with van der Waals surface area (Å²) in [5.74, 6) is -0.760. The van der Waals surface area contributed by atoms with Crippen molar-refractivity contribution < 1.29 is 17.6 Å². The number of nitrogens with zero attached hydrogens (tertiary/aromatic N) is 3. The lowest BCUT2D eigenvalue weighted by atomic mass is 10.2. The Labute approximate surface area is 169 Å². The minimum Gasteiger partial charge on any atom is -0.292 e. The first kappa shape index (κ1) is 21.1. The Hall–Kier alpha value is -2.62. The molecule has 9 heteroatoms. The molecule has 0 radical (unpaired) electrons. The predicted molar refractivity (Wildman–Crippen MR) is 109 cm³/mol. The number of carbonyl (C=O) groups excluding carboxylic acids is 1. The summed E-state index contributed by atoms with van der Waals surface area (Å²) in [6.07, 6.45) is 1.25. The van der Waals surface area contributed by atoms with Gasteiger partial charge in [0.1, 0.15) is 5.82 Å². The van der Waals surface area contributed by atoms with E-state index in [9.17, 15) is 17.6 Å². The molecule has 29 heavy (non-hydrogen) atoms. The Kier molecular flexibility index (Phi) is 6.73. The molecule has 1 N–H and O–H groups in total. The largest absolute Gasteiger partial charge is 0.292 e. The summed E-state index contributed by atoms with van der Waals surface area (Å²) in [5.41, 5.74) is 3.65. The summed E-state index contributed by atoms with van der Waals surface area (Å²) in [5, 5.41) is 3.77. The fraction of sp³-hybridized carbons (Fsp3) is 0.300. The predicted octanol–water partition coefficient (Wildman–Crippen LogP) is 1.59. The maximum absolute atomic E-state index is 13.5. The Bertz CT molecular complexity index is 985. The van der Waals surface area contributed by atoms with Gasteiger partial charge in [-0.2, -0.15) is 9.41 Å². The number of hydrogen-bond acceptors (Lipinski definition) is 5. The molecular formula is C20H23FN4O3S. The summed E-state index contributed by atoms with van der Waals surface area (Å²) < 4.78 is 40.3. The third kappa shape index (κ3) is 5.47. The van der Waals surface area contributed by atoms with E-state index in [2.05, 4.69) is 10.5 Å². The molecule has 0 aliphatic carbocycles. The zero-order valence-electron chi connectivity index (χ0n) is 16.1. The smallest absolute Gasteiger partial charge is 0.254 e. The van der Waals surface area contributed by atoms with Gasteiger partial charge in [-0.3, -0.25) is 9.69 Å². The van der Waals surface area contributed by atoms with Crippen LogP contribution >= 0.6 is 0 Å². The monoisotopic (exact) mass is 418 g/mol. The van der Waals surface area contributed by atoms with Crippen molar-refractivity contribution in [2.75, 3.05) is 32.7 Å². The summed E-state index contributed by atoms with van der Waals surface area (Å²) in [6, 6.07) is 12.9. The Morgan fingerprint density at radius 3 is 2.41 bits per heavy atom. The molecule has 0 aromatic heterocycles. The van der Waals surface area contributed by atoms with Crippen LogP contribution in [0.2, 0.25) is 0 Å². The Balaban J connectivity index is 1.48. The van der Waals surface area contributed by atoms with Crippen molar-refractivity contribution in [3.05, 3.63) is 65.5 Å². The highest BCUT2D eigenvalue weighted by Crippen LogP contribution is 2.18. The quantitative estimate of drug-likeness (QED) is 0.571. The highest BCUT2D eigenvalue weighted by Gasteiger charge is 2.28. The number of rotatable bonds is 6. The minimum absolute atomic E-state index is 0.0903. The summed E-state index contributed by atoms with van der Waals surface area (Å²) >= 11 is 0. The van der Waals surface area contributed by atoms with Gasteiger partial charge in [-0.1, -0.05) is 35.9 Å². The van der Waals surface area contributed by atoms with Gasteiger partial charge in [0, 0.05) is 31.7 Å². The summed E-state index contributed by atoms with van der Waals surface area (Å²) in [6.45, 7) is 3.49. The zero-order valence-corrected chi connectivity index (χ0v) is 16.9. The molecule has 2 aromatic carbocycles. The van der Waals surface area contributed by atoms with Crippen LogP contribution in [0.15, 0.2) is 58.5 Å². The van der Waals surface area contributed by atoms with Crippen molar-refractivity contribution in [1.29, 1.82) is 0 Å². The van der Waals surface area contributed by atoms with Crippen molar-refractivity contribution in [1.82, 2.24) is 14.6 Å². The fourth-order valence-corrected chi connectivity index (χ4v) is 4.40. The molecule has 0 unspecified atom stereocenters. The highest BCUT2D eigenvalue weighted by molar-refractivity contribution is 7.89. The van der Waals surface area contributed by atoms with Crippen LogP contribution in [0.1, 0.15) is 11.1 Å². The van der Waals surface area contributed by atoms with Crippen molar-refractivity contribution in [2.24, 2.45) is 5.10 Å². The molecule has 0 atom stereocenters. The van der Waals surface area contributed by atoms with Crippen LogP contribution in [0.25, 0.3) is 0 Å². The van der Waals surface area contributed by atoms with E-state index >= 15 is 0 Å². The van der Waals surface area contributed by atoms with Gasteiger partial charge in [0.05, 0.1) is 17.7 Å². The standard InChI is InChI=1S/C20H23FN4O3S/c1-16-6-8-18(9-7-16)29(27,28)25-12-10-24(11-13-25)15-20(26)23-22-14-17-4-2-3-5-19(17)21/h2-9,14H,10-13,15H2,1H3,(H,23,26)/b22-14+. The van der Waals surface area contributed by atoms with Crippen LogP contribution in [-0.2, 0) is 14.8 Å². The van der Waals surface area contributed by atoms with E-state index in [0.717, 1.165) is 5.56 Å². The van der Waals surface area contributed by atoms with Crippen molar-refractivity contribution in [3.63, 3.8) is 0 Å². The molecule has 7 nitrogen and oxygen atoms in total. The first-order valence-electron chi connectivity index (χ1n) is 9.22. The second-order valence-corrected chi connectivity index (χ2v) is 8.75. The third-order valence-corrected chi connectivity index (χ3v) is 6.57. The van der Waals surface area contributed by atoms with Crippen molar-refractivity contribution in [2.45, 2.75) is 11.8 Å². The average molecular weight is 418 g/mol. The number of piperazine rings is 1. The van der Waals surface area contributed by atoms with Gasteiger partial charge in [-0.05, 0) is 25.1 Å². The van der Waals surface area contributed by atoms with Gasteiger partial charge in [0.25, 0.3) is 5.91 Å². The van der Waals surface area contributed by atoms with Gasteiger partial charge in [-0.25, -0.2) is 18.2 Å². The molecule has 1 saturated heterocycles. The number of halogens is 1. The first-order valence-corrected chi connectivity index (χ1v) is 10.7. The van der Waals surface area contributed by atoms with E-state index in [-0.39, 0.29) is 22.9 Å². The molecule has 0 bridgehead atoms. The molecule has 0 spiro atoms. The number of sulfonamides is 1. The molecule has 154 valence electrons. The lowest BCUT2D eigenvalue weighted by Gasteiger charge is -2.33. The van der Waals surface area contributed by atoms with Gasteiger partial charge in [-0.15, -0.1) is 0 Å². The van der Waals surface area contributed by atoms with Crippen LogP contribution in [-0.4, -0.2) is 62.5 Å². The minimum atomic E-state index is -3.53. The normalized spacial score (nSPS) is 16.2. The van der Waals surface area contributed by atoms with Crippen LogP contribution in [0.4, 0.5) is 4.39 Å². The summed E-state index contributed by atoms with van der Waals surface area (Å²) in [4.78, 5) is 14.2. The zero-order chi connectivity index (χ0) is 20.9. The second kappa shape index (κ2) is 9.25. The molecule has 1 aliphatic heterocycles.